The van der Waals surface area contributed by atoms with E-state index in [1.54, 1.807) is 0 Å². The maximum Gasteiger partial charge on any atom is 0.236 e. The molecule has 0 radical (unpaired) electrons. The summed E-state index contributed by atoms with van der Waals surface area (Å²) in [6.45, 7) is 4.72. The van der Waals surface area contributed by atoms with Crippen molar-refractivity contribution in [1.82, 2.24) is 10.2 Å². The molecule has 0 spiro atoms. The van der Waals surface area contributed by atoms with Crippen LogP contribution in [0.15, 0.2) is 0 Å². The molecule has 15 heavy (non-hydrogen) atoms. The topological polar surface area (TPSA) is 72.8 Å². The fourth-order valence-corrected chi connectivity index (χ4v) is 1.12. The van der Waals surface area contributed by atoms with E-state index < -0.39 is 0 Å². The van der Waals surface area contributed by atoms with E-state index in [4.69, 9.17) is 10.2 Å². The van der Waals surface area contributed by atoms with Crippen molar-refractivity contribution in [2.75, 3.05) is 32.8 Å². The molecule has 0 aromatic rings. The van der Waals surface area contributed by atoms with Crippen LogP contribution in [0, 0.1) is 0 Å². The number of carbonyl (C=O) groups excluding carboxylic acids is 1. The molecule has 90 valence electrons. The molecule has 0 rings (SSSR count). The lowest BCUT2D eigenvalue weighted by Gasteiger charge is -2.21. The molecule has 0 saturated heterocycles. The number of hydrogen-bond donors (Lipinski definition) is 3. The molecule has 0 aliphatic heterocycles. The normalized spacial score (nSPS) is 12.5. The SMILES string of the molecule is CCC(C)NCC(=O)N(CCO)CCO. The smallest absolute Gasteiger partial charge is 0.236 e. The van der Waals surface area contributed by atoms with E-state index in [9.17, 15) is 4.79 Å². The van der Waals surface area contributed by atoms with Gasteiger partial charge in [-0.15, -0.1) is 0 Å². The van der Waals surface area contributed by atoms with Crippen LogP contribution in [0.3, 0.4) is 0 Å². The molecule has 5 nitrogen and oxygen atoms in total. The number of hydrogen-bond acceptors (Lipinski definition) is 4. The van der Waals surface area contributed by atoms with Gasteiger partial charge in [-0.1, -0.05) is 6.92 Å². The van der Waals surface area contributed by atoms with Crippen molar-refractivity contribution < 1.29 is 15.0 Å². The highest BCUT2D eigenvalue weighted by Gasteiger charge is 2.12. The third-order valence-corrected chi connectivity index (χ3v) is 2.31. The first kappa shape index (κ1) is 14.3. The maximum absolute atomic E-state index is 11.6. The predicted molar refractivity (Wildman–Crippen MR) is 58.5 cm³/mol. The number of aliphatic hydroxyl groups is 2. The summed E-state index contributed by atoms with van der Waals surface area (Å²) in [5.41, 5.74) is 0. The molecule has 0 aliphatic carbocycles. The van der Waals surface area contributed by atoms with Crippen LogP contribution >= 0.6 is 0 Å². The van der Waals surface area contributed by atoms with Crippen molar-refractivity contribution in [3.63, 3.8) is 0 Å². The Morgan fingerprint density at radius 3 is 2.27 bits per heavy atom. The monoisotopic (exact) mass is 218 g/mol. The van der Waals surface area contributed by atoms with Crippen molar-refractivity contribution in [1.29, 1.82) is 0 Å². The van der Waals surface area contributed by atoms with Crippen LogP contribution in [-0.2, 0) is 4.79 Å². The lowest BCUT2D eigenvalue weighted by atomic mass is 10.2. The highest BCUT2D eigenvalue weighted by molar-refractivity contribution is 5.78. The largest absolute Gasteiger partial charge is 0.395 e. The summed E-state index contributed by atoms with van der Waals surface area (Å²) in [5, 5.41) is 20.6. The zero-order chi connectivity index (χ0) is 11.7. The zero-order valence-electron chi connectivity index (χ0n) is 9.57. The minimum Gasteiger partial charge on any atom is -0.395 e. The quantitative estimate of drug-likeness (QED) is 0.498. The van der Waals surface area contributed by atoms with Gasteiger partial charge in [-0.25, -0.2) is 0 Å². The first-order valence-electron chi connectivity index (χ1n) is 5.38. The van der Waals surface area contributed by atoms with Gasteiger partial charge in [0, 0.05) is 19.1 Å². The van der Waals surface area contributed by atoms with Crippen LogP contribution in [0.4, 0.5) is 0 Å². The molecule has 0 bridgehead atoms. The number of rotatable bonds is 8. The first-order valence-corrected chi connectivity index (χ1v) is 5.38. The lowest BCUT2D eigenvalue weighted by molar-refractivity contribution is -0.131. The molecule has 0 heterocycles. The standard InChI is InChI=1S/C10H22N2O3/c1-3-9(2)11-8-10(15)12(4-6-13)5-7-14/h9,11,13-14H,3-8H2,1-2H3. The molecule has 1 atom stereocenters. The molecule has 0 fully saturated rings. The van der Waals surface area contributed by atoms with Crippen LogP contribution in [0.2, 0.25) is 0 Å². The van der Waals surface area contributed by atoms with E-state index in [1.807, 2.05) is 13.8 Å². The number of nitrogens with one attached hydrogen (secondary N) is 1. The fourth-order valence-electron chi connectivity index (χ4n) is 1.12. The van der Waals surface area contributed by atoms with E-state index in [0.29, 0.717) is 6.04 Å². The molecule has 1 amide bonds. The van der Waals surface area contributed by atoms with Gasteiger partial charge in [0.1, 0.15) is 0 Å². The first-order chi connectivity index (χ1) is 7.15. The Morgan fingerprint density at radius 1 is 1.33 bits per heavy atom. The van der Waals surface area contributed by atoms with Gasteiger partial charge in [-0.05, 0) is 13.3 Å². The van der Waals surface area contributed by atoms with Gasteiger partial charge >= 0.3 is 0 Å². The summed E-state index contributed by atoms with van der Waals surface area (Å²) in [5.74, 6) is -0.0848. The van der Waals surface area contributed by atoms with Crippen molar-refractivity contribution in [2.45, 2.75) is 26.3 Å². The molecule has 1 unspecified atom stereocenters. The predicted octanol–water partition coefficient (Wildman–Crippen LogP) is -0.812. The summed E-state index contributed by atoms with van der Waals surface area (Å²) in [6.07, 6.45) is 0.966. The Bertz CT molecular complexity index is 170. The number of carbonyl (C=O) groups is 1. The minimum absolute atomic E-state index is 0.0743. The third-order valence-electron chi connectivity index (χ3n) is 2.31. The highest BCUT2D eigenvalue weighted by atomic mass is 16.3. The van der Waals surface area contributed by atoms with E-state index >= 15 is 0 Å². The Morgan fingerprint density at radius 2 is 1.87 bits per heavy atom. The van der Waals surface area contributed by atoms with Gasteiger partial charge in [0.25, 0.3) is 0 Å². The van der Waals surface area contributed by atoms with Crippen molar-refractivity contribution in [3.05, 3.63) is 0 Å². The van der Waals surface area contributed by atoms with Gasteiger partial charge in [-0.3, -0.25) is 4.79 Å². The lowest BCUT2D eigenvalue weighted by Crippen LogP contribution is -2.43. The van der Waals surface area contributed by atoms with Crippen molar-refractivity contribution in [2.24, 2.45) is 0 Å². The van der Waals surface area contributed by atoms with Crippen LogP contribution in [0.25, 0.3) is 0 Å². The van der Waals surface area contributed by atoms with Gasteiger partial charge in [0.2, 0.25) is 5.91 Å². The van der Waals surface area contributed by atoms with Crippen LogP contribution < -0.4 is 5.32 Å². The summed E-state index contributed by atoms with van der Waals surface area (Å²) < 4.78 is 0. The second-order valence-electron chi connectivity index (χ2n) is 3.52. The van der Waals surface area contributed by atoms with Gasteiger partial charge in [-0.2, -0.15) is 0 Å². The summed E-state index contributed by atoms with van der Waals surface area (Å²) in [7, 11) is 0. The third kappa shape index (κ3) is 6.43. The summed E-state index contributed by atoms with van der Waals surface area (Å²) >= 11 is 0. The van der Waals surface area contributed by atoms with Gasteiger partial charge in [0.05, 0.1) is 19.8 Å². The summed E-state index contributed by atoms with van der Waals surface area (Å²) in [4.78, 5) is 13.0. The molecule has 0 saturated carbocycles. The molecule has 0 aromatic carbocycles. The Labute approximate surface area is 91.1 Å². The highest BCUT2D eigenvalue weighted by Crippen LogP contribution is 1.91. The van der Waals surface area contributed by atoms with E-state index in [2.05, 4.69) is 5.32 Å². The molecule has 0 aliphatic rings. The van der Waals surface area contributed by atoms with Gasteiger partial charge in [0.15, 0.2) is 0 Å². The minimum atomic E-state index is -0.0848. The molecule has 0 aromatic heterocycles. The van der Waals surface area contributed by atoms with Crippen molar-refractivity contribution in [3.8, 4) is 0 Å². The van der Waals surface area contributed by atoms with E-state index in [1.165, 1.54) is 4.90 Å². The second kappa shape index (κ2) is 8.64. The van der Waals surface area contributed by atoms with Gasteiger partial charge < -0.3 is 20.4 Å². The van der Waals surface area contributed by atoms with Crippen LogP contribution in [0.5, 0.6) is 0 Å². The van der Waals surface area contributed by atoms with E-state index in [-0.39, 0.29) is 38.8 Å². The molecular weight excluding hydrogens is 196 g/mol. The second-order valence-corrected chi connectivity index (χ2v) is 3.52. The maximum atomic E-state index is 11.6. The number of amides is 1. The van der Waals surface area contributed by atoms with Crippen molar-refractivity contribution >= 4 is 5.91 Å². The molecular formula is C10H22N2O3. The Balaban J connectivity index is 3.90. The van der Waals surface area contributed by atoms with E-state index in [0.717, 1.165) is 6.42 Å². The number of nitrogens with zero attached hydrogens (tertiary/aromatic N) is 1. The summed E-state index contributed by atoms with van der Waals surface area (Å²) in [6, 6.07) is 0.305. The molecule has 3 N–H and O–H groups in total. The average molecular weight is 218 g/mol. The fraction of sp³-hybridized carbons (Fsp3) is 0.900. The zero-order valence-corrected chi connectivity index (χ0v) is 9.57. The Hall–Kier alpha value is -0.650. The van der Waals surface area contributed by atoms with Crippen LogP contribution in [0.1, 0.15) is 20.3 Å². The molecule has 5 heteroatoms. The van der Waals surface area contributed by atoms with Crippen LogP contribution in [-0.4, -0.2) is 59.9 Å². The Kier molecular flexibility index (Phi) is 8.27. The number of aliphatic hydroxyl groups excluding tert-OH is 2. The average Bonchev–Trinajstić information content (AvgIpc) is 2.25.